The van der Waals surface area contributed by atoms with Crippen LogP contribution in [0.4, 0.5) is 0 Å². The number of hydrogen-bond donors (Lipinski definition) is 0. The summed E-state index contributed by atoms with van der Waals surface area (Å²) in [5.74, 6) is 0. The third-order valence-electron chi connectivity index (χ3n) is 1.85. The average molecular weight is 143 g/mol. The van der Waals surface area contributed by atoms with E-state index in [-0.39, 0.29) is 0 Å². The van der Waals surface area contributed by atoms with Crippen molar-refractivity contribution in [2.75, 3.05) is 14.1 Å². The van der Waals surface area contributed by atoms with Gasteiger partial charge in [0.25, 0.3) is 0 Å². The predicted molar refractivity (Wildman–Crippen MR) is 46.2 cm³/mol. The molecular formula is C7H17NSi. The maximum absolute atomic E-state index is 3.74. The van der Waals surface area contributed by atoms with Gasteiger partial charge in [-0.2, -0.15) is 0 Å². The molecule has 0 aromatic carbocycles. The first kappa shape index (κ1) is 8.92. The van der Waals surface area contributed by atoms with Gasteiger partial charge in [-0.05, 0) is 20.1 Å². The Morgan fingerprint density at radius 1 is 1.44 bits per heavy atom. The van der Waals surface area contributed by atoms with Crippen LogP contribution in [0.25, 0.3) is 0 Å². The third kappa shape index (κ3) is 2.82. The minimum atomic E-state index is -1.07. The van der Waals surface area contributed by atoms with Crippen LogP contribution < -0.4 is 0 Å². The fourth-order valence-corrected chi connectivity index (χ4v) is 1.61. The molecule has 1 nitrogen and oxygen atoms in total. The molecule has 0 aliphatic rings. The molecule has 9 heavy (non-hydrogen) atoms. The molecule has 0 fully saturated rings. The highest BCUT2D eigenvalue weighted by Gasteiger charge is 2.20. The molecule has 0 saturated heterocycles. The highest BCUT2D eigenvalue weighted by atomic mass is 28.3. The van der Waals surface area contributed by atoms with Crippen LogP contribution in [-0.2, 0) is 0 Å². The Morgan fingerprint density at radius 2 is 1.89 bits per heavy atom. The Hall–Kier alpha value is -0.0831. The standard InChI is InChI=1S/C7H17NSi/c1-6-7-9(4,5)8(2)3/h6H,1,7H2,2-5H3. The van der Waals surface area contributed by atoms with Crippen LogP contribution in [0.3, 0.4) is 0 Å². The Morgan fingerprint density at radius 3 is 2.00 bits per heavy atom. The maximum atomic E-state index is 3.74. The van der Waals surface area contributed by atoms with Gasteiger partial charge < -0.3 is 4.57 Å². The van der Waals surface area contributed by atoms with E-state index in [1.54, 1.807) is 0 Å². The molecule has 0 aromatic rings. The molecule has 0 spiro atoms. The fourth-order valence-electron chi connectivity index (χ4n) is 0.536. The zero-order chi connectivity index (χ0) is 7.49. The molecule has 0 unspecified atom stereocenters. The van der Waals surface area contributed by atoms with Crippen molar-refractivity contribution in [3.8, 4) is 0 Å². The Balaban J connectivity index is 3.84. The second kappa shape index (κ2) is 3.18. The van der Waals surface area contributed by atoms with Gasteiger partial charge in [-0.3, -0.25) is 0 Å². The van der Waals surface area contributed by atoms with Crippen molar-refractivity contribution in [1.29, 1.82) is 0 Å². The first-order chi connectivity index (χ1) is 4.00. The van der Waals surface area contributed by atoms with Gasteiger partial charge in [0, 0.05) is 0 Å². The number of rotatable bonds is 3. The molecule has 0 rings (SSSR count). The lowest BCUT2D eigenvalue weighted by Crippen LogP contribution is -2.42. The summed E-state index contributed by atoms with van der Waals surface area (Å²) in [5.41, 5.74) is 0. The fraction of sp³-hybridized carbons (Fsp3) is 0.714. The van der Waals surface area contributed by atoms with Crippen LogP contribution in [-0.4, -0.2) is 26.9 Å². The summed E-state index contributed by atoms with van der Waals surface area (Å²) >= 11 is 0. The minimum absolute atomic E-state index is 1.07. The SMILES string of the molecule is C=CC[Si](C)(C)N(C)C. The monoisotopic (exact) mass is 143 g/mol. The highest BCUT2D eigenvalue weighted by molar-refractivity contribution is 6.74. The molecule has 0 aliphatic heterocycles. The lowest BCUT2D eigenvalue weighted by Gasteiger charge is -2.28. The number of hydrogen-bond acceptors (Lipinski definition) is 1. The van der Waals surface area contributed by atoms with E-state index in [2.05, 4.69) is 38.3 Å². The van der Waals surface area contributed by atoms with Crippen LogP contribution in [0.15, 0.2) is 12.7 Å². The lowest BCUT2D eigenvalue weighted by molar-refractivity contribution is 0.622. The van der Waals surface area contributed by atoms with Gasteiger partial charge in [0.1, 0.15) is 8.24 Å². The van der Waals surface area contributed by atoms with Crippen LogP contribution in [0.2, 0.25) is 19.1 Å². The summed E-state index contributed by atoms with van der Waals surface area (Å²) in [6, 6.07) is 1.18. The van der Waals surface area contributed by atoms with Crippen LogP contribution in [0.1, 0.15) is 0 Å². The van der Waals surface area contributed by atoms with Crippen LogP contribution >= 0.6 is 0 Å². The highest BCUT2D eigenvalue weighted by Crippen LogP contribution is 2.10. The average Bonchev–Trinajstić information content (AvgIpc) is 1.65. The second-order valence-electron chi connectivity index (χ2n) is 3.20. The van der Waals surface area contributed by atoms with E-state index in [4.69, 9.17) is 0 Å². The van der Waals surface area contributed by atoms with Gasteiger partial charge >= 0.3 is 0 Å². The van der Waals surface area contributed by atoms with Crippen LogP contribution in [0.5, 0.6) is 0 Å². The van der Waals surface area contributed by atoms with E-state index in [1.165, 1.54) is 6.04 Å². The van der Waals surface area contributed by atoms with Crippen molar-refractivity contribution < 1.29 is 0 Å². The molecule has 2 heteroatoms. The van der Waals surface area contributed by atoms with E-state index in [9.17, 15) is 0 Å². The van der Waals surface area contributed by atoms with Crippen molar-refractivity contribution in [2.45, 2.75) is 19.1 Å². The van der Waals surface area contributed by atoms with Crippen LogP contribution in [0, 0.1) is 0 Å². The van der Waals surface area contributed by atoms with Crippen molar-refractivity contribution in [1.82, 2.24) is 4.57 Å². The van der Waals surface area contributed by atoms with E-state index in [0.29, 0.717) is 0 Å². The number of allylic oxidation sites excluding steroid dienone is 1. The second-order valence-corrected chi connectivity index (χ2v) is 8.13. The molecule has 0 aliphatic carbocycles. The lowest BCUT2D eigenvalue weighted by atomic mass is 10.8. The molecule has 0 radical (unpaired) electrons. The van der Waals surface area contributed by atoms with Gasteiger partial charge in [-0.1, -0.05) is 19.2 Å². The summed E-state index contributed by atoms with van der Waals surface area (Å²) in [6.45, 7) is 8.42. The third-order valence-corrected chi connectivity index (χ3v) is 5.56. The number of nitrogens with zero attached hydrogens (tertiary/aromatic N) is 1. The smallest absolute Gasteiger partial charge is 0.125 e. The molecule has 0 aromatic heterocycles. The van der Waals surface area contributed by atoms with Crippen molar-refractivity contribution in [2.24, 2.45) is 0 Å². The summed E-state index contributed by atoms with van der Waals surface area (Å²) in [5, 5.41) is 0. The molecule has 0 saturated carbocycles. The Labute approximate surface area is 59.5 Å². The molecular weight excluding hydrogens is 126 g/mol. The summed E-state index contributed by atoms with van der Waals surface area (Å²) in [6.07, 6.45) is 2.02. The normalized spacial score (nSPS) is 12.1. The molecule has 0 bridgehead atoms. The molecule has 0 heterocycles. The minimum Gasteiger partial charge on any atom is -0.329 e. The molecule has 0 N–H and O–H groups in total. The zero-order valence-corrected chi connectivity index (χ0v) is 7.94. The van der Waals surface area contributed by atoms with Gasteiger partial charge in [-0.25, -0.2) is 0 Å². The largest absolute Gasteiger partial charge is 0.329 e. The molecule has 0 atom stereocenters. The Kier molecular flexibility index (Phi) is 3.15. The summed E-state index contributed by atoms with van der Waals surface area (Å²) < 4.78 is 2.34. The Bertz CT molecular complexity index is 97.1. The van der Waals surface area contributed by atoms with E-state index in [1.807, 2.05) is 6.08 Å². The van der Waals surface area contributed by atoms with Gasteiger partial charge in [0.05, 0.1) is 0 Å². The summed E-state index contributed by atoms with van der Waals surface area (Å²) in [7, 11) is 3.23. The van der Waals surface area contributed by atoms with Crippen molar-refractivity contribution in [3.05, 3.63) is 12.7 Å². The summed E-state index contributed by atoms with van der Waals surface area (Å²) in [4.78, 5) is 0. The van der Waals surface area contributed by atoms with Crippen molar-refractivity contribution in [3.63, 3.8) is 0 Å². The molecule has 54 valence electrons. The zero-order valence-electron chi connectivity index (χ0n) is 6.94. The predicted octanol–water partition coefficient (Wildman–Crippen LogP) is 1.94. The first-order valence-electron chi connectivity index (χ1n) is 3.29. The van der Waals surface area contributed by atoms with Gasteiger partial charge in [-0.15, -0.1) is 6.58 Å². The quantitative estimate of drug-likeness (QED) is 0.431. The van der Waals surface area contributed by atoms with E-state index < -0.39 is 8.24 Å². The maximum Gasteiger partial charge on any atom is 0.125 e. The topological polar surface area (TPSA) is 3.24 Å². The molecule has 0 amide bonds. The van der Waals surface area contributed by atoms with Gasteiger partial charge in [0.2, 0.25) is 0 Å². The van der Waals surface area contributed by atoms with Crippen molar-refractivity contribution >= 4 is 8.24 Å². The first-order valence-corrected chi connectivity index (χ1v) is 6.44. The van der Waals surface area contributed by atoms with E-state index >= 15 is 0 Å². The van der Waals surface area contributed by atoms with Gasteiger partial charge in [0.15, 0.2) is 0 Å². The van der Waals surface area contributed by atoms with E-state index in [0.717, 1.165) is 0 Å².